The molecule has 4 nitrogen and oxygen atoms in total. The monoisotopic (exact) mass is 265 g/mol. The van der Waals surface area contributed by atoms with Gasteiger partial charge in [0, 0.05) is 13.1 Å². The highest BCUT2D eigenvalue weighted by molar-refractivity contribution is 5.45. The summed E-state index contributed by atoms with van der Waals surface area (Å²) in [5.41, 5.74) is 0. The van der Waals surface area contributed by atoms with Crippen LogP contribution in [0.15, 0.2) is 18.2 Å². The van der Waals surface area contributed by atoms with Gasteiger partial charge in [0.25, 0.3) is 0 Å². The molecule has 1 aromatic heterocycles. The highest BCUT2D eigenvalue weighted by atomic mass is 16.3. The fourth-order valence-corrected chi connectivity index (χ4v) is 2.09. The van der Waals surface area contributed by atoms with Gasteiger partial charge in [0.1, 0.15) is 11.6 Å². The predicted octanol–water partition coefficient (Wildman–Crippen LogP) is 3.11. The van der Waals surface area contributed by atoms with Gasteiger partial charge in [-0.25, -0.2) is 4.98 Å². The highest BCUT2D eigenvalue weighted by Gasteiger charge is 2.15. The van der Waals surface area contributed by atoms with Gasteiger partial charge in [-0.05, 0) is 24.5 Å². The van der Waals surface area contributed by atoms with Crippen LogP contribution in [-0.4, -0.2) is 29.3 Å². The third-order valence-corrected chi connectivity index (χ3v) is 3.39. The average molecular weight is 265 g/mol. The van der Waals surface area contributed by atoms with Gasteiger partial charge in [0.05, 0.1) is 6.10 Å². The maximum atomic E-state index is 10.1. The first-order chi connectivity index (χ1) is 9.21. The Hall–Kier alpha value is -1.29. The molecule has 0 aliphatic heterocycles. The fraction of sp³-hybridized carbons (Fsp3) is 0.667. The first-order valence-electron chi connectivity index (χ1n) is 7.34. The zero-order chi connectivity index (χ0) is 14.1. The summed E-state index contributed by atoms with van der Waals surface area (Å²) < 4.78 is 0. The van der Waals surface area contributed by atoms with Gasteiger partial charge in [0.2, 0.25) is 0 Å². The molecular weight excluding hydrogens is 238 g/mol. The molecule has 0 aliphatic rings. The summed E-state index contributed by atoms with van der Waals surface area (Å²) in [6.07, 6.45) is 2.77. The Morgan fingerprint density at radius 2 is 1.74 bits per heavy atom. The Balaban J connectivity index is 2.48. The molecule has 4 heteroatoms. The molecule has 3 N–H and O–H groups in total. The van der Waals surface area contributed by atoms with E-state index in [9.17, 15) is 5.11 Å². The molecule has 0 amide bonds. The van der Waals surface area contributed by atoms with Crippen molar-refractivity contribution < 1.29 is 5.11 Å². The first-order valence-corrected chi connectivity index (χ1v) is 7.34. The summed E-state index contributed by atoms with van der Waals surface area (Å²) >= 11 is 0. The lowest BCUT2D eigenvalue weighted by atomic mass is 9.97. The predicted molar refractivity (Wildman–Crippen MR) is 81.6 cm³/mol. The topological polar surface area (TPSA) is 57.2 Å². The summed E-state index contributed by atoms with van der Waals surface area (Å²) in [4.78, 5) is 4.46. The maximum Gasteiger partial charge on any atom is 0.128 e. The first kappa shape index (κ1) is 15.8. The van der Waals surface area contributed by atoms with Crippen LogP contribution in [0.25, 0.3) is 0 Å². The minimum atomic E-state index is -0.316. The average Bonchev–Trinajstić information content (AvgIpc) is 2.44. The van der Waals surface area contributed by atoms with E-state index in [0.29, 0.717) is 12.5 Å². The molecule has 0 saturated heterocycles. The lowest BCUT2D eigenvalue weighted by Crippen LogP contribution is -2.28. The van der Waals surface area contributed by atoms with E-state index in [1.165, 1.54) is 0 Å². The van der Waals surface area contributed by atoms with Gasteiger partial charge >= 0.3 is 0 Å². The molecule has 0 aromatic carbocycles. The second kappa shape index (κ2) is 8.75. The third-order valence-electron chi connectivity index (χ3n) is 3.39. The number of rotatable bonds is 9. The Kier molecular flexibility index (Phi) is 7.26. The minimum Gasteiger partial charge on any atom is -0.391 e. The molecule has 0 fully saturated rings. The fourth-order valence-electron chi connectivity index (χ4n) is 2.09. The number of pyridine rings is 1. The molecule has 1 heterocycles. The van der Waals surface area contributed by atoms with Crippen molar-refractivity contribution in [3.05, 3.63) is 18.2 Å². The Bertz CT molecular complexity index is 353. The molecule has 1 aromatic rings. The zero-order valence-electron chi connectivity index (χ0n) is 12.3. The van der Waals surface area contributed by atoms with Gasteiger partial charge in [-0.3, -0.25) is 0 Å². The molecule has 1 atom stereocenters. The lowest BCUT2D eigenvalue weighted by molar-refractivity contribution is 0.114. The summed E-state index contributed by atoms with van der Waals surface area (Å²) in [6, 6.07) is 5.85. The van der Waals surface area contributed by atoms with Gasteiger partial charge < -0.3 is 15.7 Å². The zero-order valence-corrected chi connectivity index (χ0v) is 12.3. The van der Waals surface area contributed by atoms with E-state index in [-0.39, 0.29) is 6.10 Å². The molecule has 1 unspecified atom stereocenters. The van der Waals surface area contributed by atoms with Crippen LogP contribution in [0, 0.1) is 5.92 Å². The summed E-state index contributed by atoms with van der Waals surface area (Å²) in [7, 11) is 0. The van der Waals surface area contributed by atoms with Crippen LogP contribution in [-0.2, 0) is 0 Å². The molecule has 0 bridgehead atoms. The smallest absolute Gasteiger partial charge is 0.128 e. The van der Waals surface area contributed by atoms with Crippen LogP contribution in [0.2, 0.25) is 0 Å². The summed E-state index contributed by atoms with van der Waals surface area (Å²) in [5.74, 6) is 2.05. The number of hydrogen-bond acceptors (Lipinski definition) is 4. The molecule has 1 rings (SSSR count). The summed E-state index contributed by atoms with van der Waals surface area (Å²) in [6.45, 7) is 7.83. The van der Waals surface area contributed by atoms with Crippen molar-refractivity contribution in [1.29, 1.82) is 0 Å². The van der Waals surface area contributed by atoms with Crippen LogP contribution in [0.1, 0.15) is 40.0 Å². The van der Waals surface area contributed by atoms with Crippen molar-refractivity contribution >= 4 is 11.6 Å². The molecule has 0 saturated carbocycles. The van der Waals surface area contributed by atoms with Crippen molar-refractivity contribution in [3.8, 4) is 0 Å². The van der Waals surface area contributed by atoms with E-state index in [2.05, 4.69) is 36.4 Å². The molecule has 19 heavy (non-hydrogen) atoms. The van der Waals surface area contributed by atoms with Gasteiger partial charge in [-0.1, -0.05) is 39.7 Å². The van der Waals surface area contributed by atoms with Crippen molar-refractivity contribution in [2.45, 2.75) is 46.1 Å². The number of aliphatic hydroxyl groups is 1. The number of aromatic nitrogens is 1. The quantitative estimate of drug-likeness (QED) is 0.642. The molecule has 108 valence electrons. The van der Waals surface area contributed by atoms with E-state index in [4.69, 9.17) is 0 Å². The third kappa shape index (κ3) is 5.47. The largest absolute Gasteiger partial charge is 0.391 e. The SMILES string of the molecule is CCCNc1cccc(NCC(O)C(CC)CC)n1. The van der Waals surface area contributed by atoms with Gasteiger partial charge in [-0.2, -0.15) is 0 Å². The van der Waals surface area contributed by atoms with Crippen LogP contribution < -0.4 is 10.6 Å². The van der Waals surface area contributed by atoms with Crippen LogP contribution in [0.3, 0.4) is 0 Å². The van der Waals surface area contributed by atoms with Crippen molar-refractivity contribution in [1.82, 2.24) is 4.98 Å². The Morgan fingerprint density at radius 1 is 1.11 bits per heavy atom. The van der Waals surface area contributed by atoms with E-state index in [0.717, 1.165) is 37.4 Å². The number of nitrogens with one attached hydrogen (secondary N) is 2. The molecule has 0 spiro atoms. The van der Waals surface area contributed by atoms with Gasteiger partial charge in [-0.15, -0.1) is 0 Å². The molecule has 0 aliphatic carbocycles. The number of hydrogen-bond donors (Lipinski definition) is 3. The normalized spacial score (nSPS) is 12.5. The van der Waals surface area contributed by atoms with E-state index in [1.54, 1.807) is 0 Å². The second-order valence-electron chi connectivity index (χ2n) is 4.86. The maximum absolute atomic E-state index is 10.1. The van der Waals surface area contributed by atoms with Crippen LogP contribution in [0.4, 0.5) is 11.6 Å². The van der Waals surface area contributed by atoms with Crippen molar-refractivity contribution in [3.63, 3.8) is 0 Å². The number of aliphatic hydroxyl groups excluding tert-OH is 1. The number of anilines is 2. The molecule has 0 radical (unpaired) electrons. The van der Waals surface area contributed by atoms with Gasteiger partial charge in [0.15, 0.2) is 0 Å². The standard InChI is InChI=1S/C15H27N3O/c1-4-10-16-14-8-7-9-15(18-14)17-11-13(19)12(5-2)6-3/h7-9,12-13,19H,4-6,10-11H2,1-3H3,(H2,16,17,18). The molecular formula is C15H27N3O. The van der Waals surface area contributed by atoms with Crippen molar-refractivity contribution in [2.75, 3.05) is 23.7 Å². The van der Waals surface area contributed by atoms with Crippen molar-refractivity contribution in [2.24, 2.45) is 5.92 Å². The second-order valence-corrected chi connectivity index (χ2v) is 4.86. The van der Waals surface area contributed by atoms with E-state index in [1.807, 2.05) is 18.2 Å². The summed E-state index contributed by atoms with van der Waals surface area (Å²) in [5, 5.41) is 16.5. The minimum absolute atomic E-state index is 0.316. The van der Waals surface area contributed by atoms with E-state index < -0.39 is 0 Å². The van der Waals surface area contributed by atoms with Crippen LogP contribution >= 0.6 is 0 Å². The van der Waals surface area contributed by atoms with Crippen LogP contribution in [0.5, 0.6) is 0 Å². The highest BCUT2D eigenvalue weighted by Crippen LogP contribution is 2.14. The van der Waals surface area contributed by atoms with E-state index >= 15 is 0 Å². The Morgan fingerprint density at radius 3 is 2.32 bits per heavy atom. The Labute approximate surface area is 116 Å². The lowest BCUT2D eigenvalue weighted by Gasteiger charge is -2.20. The number of nitrogens with zero attached hydrogens (tertiary/aromatic N) is 1.